The first-order valence-corrected chi connectivity index (χ1v) is 7.04. The van der Waals surface area contributed by atoms with E-state index in [-0.39, 0.29) is 10.6 Å². The van der Waals surface area contributed by atoms with Gasteiger partial charge in [-0.25, -0.2) is 0 Å². The molecule has 5 heteroatoms. The minimum Gasteiger partial charge on any atom is -0.349 e. The van der Waals surface area contributed by atoms with Gasteiger partial charge in [-0.15, -0.1) is 0 Å². The highest BCUT2D eigenvalue weighted by Crippen LogP contribution is 2.28. The average Bonchev–Trinajstić information content (AvgIpc) is 2.85. The third kappa shape index (κ3) is 1.69. The summed E-state index contributed by atoms with van der Waals surface area (Å²) in [6.45, 7) is 2.06. The average molecular weight is 292 g/mol. The van der Waals surface area contributed by atoms with E-state index in [2.05, 4.69) is 40.7 Å². The topological polar surface area (TPSA) is 62.8 Å². The van der Waals surface area contributed by atoms with Crippen LogP contribution in [0.15, 0.2) is 42.5 Å². The predicted molar refractivity (Wildman–Crippen MR) is 85.9 cm³/mol. The quantitative estimate of drug-likeness (QED) is 0.331. The van der Waals surface area contributed by atoms with Gasteiger partial charge in [-0.2, -0.15) is 4.57 Å². The van der Waals surface area contributed by atoms with Gasteiger partial charge in [0.05, 0.1) is 15.8 Å². The van der Waals surface area contributed by atoms with Crippen LogP contribution in [0.2, 0.25) is 0 Å². The second kappa shape index (κ2) is 4.27. The molecular weight excluding hydrogens is 278 g/mol. The number of pyridine rings is 1. The van der Waals surface area contributed by atoms with Crippen LogP contribution in [0.5, 0.6) is 0 Å². The third-order valence-corrected chi connectivity index (χ3v) is 4.18. The Bertz CT molecular complexity index is 1080. The molecule has 0 saturated carbocycles. The summed E-state index contributed by atoms with van der Waals surface area (Å²) < 4.78 is 2.10. The van der Waals surface area contributed by atoms with Crippen LogP contribution in [0.1, 0.15) is 5.56 Å². The molecule has 5 nitrogen and oxygen atoms in total. The van der Waals surface area contributed by atoms with Crippen LogP contribution < -0.4 is 4.57 Å². The number of aryl methyl sites for hydroxylation is 2. The Labute approximate surface area is 125 Å². The summed E-state index contributed by atoms with van der Waals surface area (Å²) in [5.41, 5.74) is 5.28. The van der Waals surface area contributed by atoms with E-state index in [1.807, 2.05) is 7.05 Å². The Kier molecular flexibility index (Phi) is 2.48. The second-order valence-corrected chi connectivity index (χ2v) is 5.64. The molecule has 2 aromatic carbocycles. The van der Waals surface area contributed by atoms with E-state index >= 15 is 0 Å². The highest BCUT2D eigenvalue weighted by Gasteiger charge is 2.19. The summed E-state index contributed by atoms with van der Waals surface area (Å²) >= 11 is 0. The number of nitrogens with one attached hydrogen (secondary N) is 1. The maximum Gasteiger partial charge on any atom is 0.270 e. The van der Waals surface area contributed by atoms with Crippen LogP contribution in [0.25, 0.3) is 32.8 Å². The Morgan fingerprint density at radius 3 is 2.68 bits per heavy atom. The fraction of sp³-hybridized carbons (Fsp3) is 0.118. The number of aromatic amines is 1. The predicted octanol–water partition coefficient (Wildman–Crippen LogP) is 3.52. The number of H-pyrrole nitrogens is 1. The lowest BCUT2D eigenvalue weighted by atomic mass is 10.1. The van der Waals surface area contributed by atoms with Gasteiger partial charge >= 0.3 is 0 Å². The lowest BCUT2D eigenvalue weighted by Crippen LogP contribution is -2.29. The number of nitro benzene ring substituents is 1. The summed E-state index contributed by atoms with van der Waals surface area (Å²) in [6.07, 6.45) is 0. The molecule has 0 amide bonds. The molecule has 22 heavy (non-hydrogen) atoms. The fourth-order valence-corrected chi connectivity index (χ4v) is 3.11. The molecule has 2 aromatic heterocycles. The smallest absolute Gasteiger partial charge is 0.270 e. The molecule has 0 unspecified atom stereocenters. The van der Waals surface area contributed by atoms with Gasteiger partial charge in [-0.05, 0) is 30.7 Å². The summed E-state index contributed by atoms with van der Waals surface area (Å²) in [5.74, 6) is 0. The first kappa shape index (κ1) is 12.8. The van der Waals surface area contributed by atoms with Gasteiger partial charge in [0.25, 0.3) is 5.69 Å². The molecule has 2 heterocycles. The minimum absolute atomic E-state index is 0.109. The lowest BCUT2D eigenvalue weighted by molar-refractivity contribution is -0.616. The largest absolute Gasteiger partial charge is 0.349 e. The first-order valence-electron chi connectivity index (χ1n) is 7.04. The van der Waals surface area contributed by atoms with Crippen molar-refractivity contribution in [3.63, 3.8) is 0 Å². The molecule has 0 spiro atoms. The van der Waals surface area contributed by atoms with E-state index in [4.69, 9.17) is 0 Å². The van der Waals surface area contributed by atoms with Gasteiger partial charge < -0.3 is 4.98 Å². The lowest BCUT2D eigenvalue weighted by Gasteiger charge is -2.00. The van der Waals surface area contributed by atoms with Crippen molar-refractivity contribution < 1.29 is 9.49 Å². The molecule has 108 valence electrons. The molecule has 1 N–H and O–H groups in total. The number of rotatable bonds is 1. The Hall–Kier alpha value is -2.95. The van der Waals surface area contributed by atoms with Crippen molar-refractivity contribution in [2.75, 3.05) is 0 Å². The zero-order valence-corrected chi connectivity index (χ0v) is 12.3. The molecule has 0 saturated heterocycles. The third-order valence-electron chi connectivity index (χ3n) is 4.18. The van der Waals surface area contributed by atoms with Crippen LogP contribution in [0, 0.1) is 17.0 Å². The van der Waals surface area contributed by atoms with Crippen molar-refractivity contribution >= 4 is 38.5 Å². The molecule has 0 aliphatic heterocycles. The van der Waals surface area contributed by atoms with Gasteiger partial charge in [0.15, 0.2) is 0 Å². The monoisotopic (exact) mass is 292 g/mol. The Morgan fingerprint density at radius 2 is 1.91 bits per heavy atom. The van der Waals surface area contributed by atoms with Crippen molar-refractivity contribution in [2.24, 2.45) is 7.05 Å². The van der Waals surface area contributed by atoms with Crippen LogP contribution in [0.3, 0.4) is 0 Å². The van der Waals surface area contributed by atoms with Gasteiger partial charge in [-0.3, -0.25) is 10.1 Å². The van der Waals surface area contributed by atoms with Crippen LogP contribution in [-0.4, -0.2) is 9.91 Å². The van der Waals surface area contributed by atoms with Crippen molar-refractivity contribution in [3.8, 4) is 0 Å². The van der Waals surface area contributed by atoms with Gasteiger partial charge in [0, 0.05) is 23.6 Å². The first-order chi connectivity index (χ1) is 10.5. The van der Waals surface area contributed by atoms with Crippen molar-refractivity contribution in [1.82, 2.24) is 4.98 Å². The van der Waals surface area contributed by atoms with Crippen molar-refractivity contribution in [3.05, 3.63) is 58.1 Å². The normalized spacial score (nSPS) is 11.5. The zero-order chi connectivity index (χ0) is 15.4. The van der Waals surface area contributed by atoms with Gasteiger partial charge in [0.2, 0.25) is 11.0 Å². The summed E-state index contributed by atoms with van der Waals surface area (Å²) in [5, 5.41) is 13.0. The number of nitrogens with zero attached hydrogens (tertiary/aromatic N) is 2. The van der Waals surface area contributed by atoms with E-state index in [1.54, 1.807) is 12.1 Å². The summed E-state index contributed by atoms with van der Waals surface area (Å²) in [6, 6.07) is 13.3. The number of hydrogen-bond donors (Lipinski definition) is 1. The van der Waals surface area contributed by atoms with Crippen molar-refractivity contribution in [2.45, 2.75) is 6.92 Å². The number of hydrogen-bond acceptors (Lipinski definition) is 2. The number of aromatic nitrogens is 2. The van der Waals surface area contributed by atoms with E-state index in [0.717, 1.165) is 32.8 Å². The van der Waals surface area contributed by atoms with Crippen LogP contribution in [0.4, 0.5) is 5.69 Å². The van der Waals surface area contributed by atoms with E-state index < -0.39 is 0 Å². The number of fused-ring (bicyclic) bond motifs is 4. The van der Waals surface area contributed by atoms with Gasteiger partial charge in [0.1, 0.15) is 12.6 Å². The highest BCUT2D eigenvalue weighted by atomic mass is 16.6. The van der Waals surface area contributed by atoms with E-state index in [0.29, 0.717) is 0 Å². The molecule has 0 aliphatic carbocycles. The van der Waals surface area contributed by atoms with Crippen LogP contribution >= 0.6 is 0 Å². The summed E-state index contributed by atoms with van der Waals surface area (Å²) in [4.78, 5) is 14.0. The molecule has 0 atom stereocenters. The Balaban J connectivity index is 2.20. The minimum atomic E-state index is -0.358. The molecule has 4 rings (SSSR count). The molecule has 0 bridgehead atoms. The van der Waals surface area contributed by atoms with E-state index in [9.17, 15) is 10.1 Å². The molecule has 0 fully saturated rings. The molecule has 0 radical (unpaired) electrons. The number of benzene rings is 2. The molecular formula is C17H14N3O2+. The fourth-order valence-electron chi connectivity index (χ4n) is 3.11. The van der Waals surface area contributed by atoms with E-state index in [1.165, 1.54) is 11.6 Å². The summed E-state index contributed by atoms with van der Waals surface area (Å²) in [7, 11) is 2.00. The van der Waals surface area contributed by atoms with Crippen LogP contribution in [-0.2, 0) is 7.05 Å². The second-order valence-electron chi connectivity index (χ2n) is 5.64. The maximum absolute atomic E-state index is 11.0. The standard InChI is InChI=1S/C17H13N3O2/c1-10-3-4-11-8-15-17(19(2)16(11)7-10)13-9-12(20(21)22)5-6-14(13)18-15/h3-9H,1-2H3/p+1. The SMILES string of the molecule is Cc1ccc2cc3[nH]c4ccc([N+](=O)[O-])cc4c3[n+](C)c2c1. The highest BCUT2D eigenvalue weighted by molar-refractivity contribution is 6.06. The number of nitro groups is 1. The molecule has 0 aliphatic rings. The maximum atomic E-state index is 11.0. The number of non-ortho nitro benzene ring substituents is 1. The molecule has 4 aromatic rings. The Morgan fingerprint density at radius 1 is 1.09 bits per heavy atom. The van der Waals surface area contributed by atoms with Crippen molar-refractivity contribution in [1.29, 1.82) is 0 Å². The zero-order valence-electron chi connectivity index (χ0n) is 12.3. The van der Waals surface area contributed by atoms with Gasteiger partial charge in [-0.1, -0.05) is 6.07 Å².